The van der Waals surface area contributed by atoms with Crippen LogP contribution in [0.1, 0.15) is 194 Å². The van der Waals surface area contributed by atoms with Crippen LogP contribution in [0, 0.1) is 0 Å². The zero-order valence-electron chi connectivity index (χ0n) is 40.7. The smallest absolute Gasteiger partial charge is 0.306 e. The quantitative estimate of drug-likeness (QED) is 0.0263. The van der Waals surface area contributed by atoms with Crippen LogP contribution in [-0.4, -0.2) is 37.2 Å². The summed E-state index contributed by atoms with van der Waals surface area (Å²) in [6.07, 6.45) is 71.4. The van der Waals surface area contributed by atoms with Gasteiger partial charge in [0.1, 0.15) is 13.2 Å². The lowest BCUT2D eigenvalue weighted by molar-refractivity contribution is -0.167. The van der Waals surface area contributed by atoms with Crippen LogP contribution in [0.2, 0.25) is 0 Å². The third-order valence-corrected chi connectivity index (χ3v) is 10.1. The summed E-state index contributed by atoms with van der Waals surface area (Å²) in [4.78, 5) is 38.0. The number of carbonyl (C=O) groups excluding carboxylic acids is 3. The maximum absolute atomic E-state index is 12.8. The van der Waals surface area contributed by atoms with E-state index in [2.05, 4.69) is 93.7 Å². The van der Waals surface area contributed by atoms with Gasteiger partial charge in [0.25, 0.3) is 0 Å². The number of allylic oxidation sites excluding steroid dienone is 22. The monoisotopic (exact) mass is 883 g/mol. The number of hydrogen-bond acceptors (Lipinski definition) is 6. The Morgan fingerprint density at radius 3 is 0.969 bits per heavy atom. The molecule has 0 radical (unpaired) electrons. The molecule has 0 aromatic carbocycles. The summed E-state index contributed by atoms with van der Waals surface area (Å²) in [6, 6.07) is 0. The minimum Gasteiger partial charge on any atom is -0.462 e. The first kappa shape index (κ1) is 59.5. The lowest BCUT2D eigenvalue weighted by atomic mass is 10.1. The van der Waals surface area contributed by atoms with Crippen molar-refractivity contribution < 1.29 is 28.6 Å². The Balaban J connectivity index is 4.55. The Hall–Kier alpha value is -4.45. The van der Waals surface area contributed by atoms with Crippen LogP contribution in [-0.2, 0) is 28.6 Å². The zero-order chi connectivity index (χ0) is 46.5. The van der Waals surface area contributed by atoms with E-state index in [1.807, 2.05) is 60.8 Å². The van der Waals surface area contributed by atoms with Crippen LogP contribution in [0.3, 0.4) is 0 Å². The second-order valence-corrected chi connectivity index (χ2v) is 16.2. The van der Waals surface area contributed by atoms with Gasteiger partial charge >= 0.3 is 17.9 Å². The van der Waals surface area contributed by atoms with Crippen molar-refractivity contribution in [2.75, 3.05) is 13.2 Å². The molecule has 0 aliphatic carbocycles. The van der Waals surface area contributed by atoms with Gasteiger partial charge in [0.05, 0.1) is 0 Å². The Kier molecular flexibility index (Phi) is 47.6. The molecule has 0 aliphatic rings. The molecule has 0 heterocycles. The van der Waals surface area contributed by atoms with Crippen molar-refractivity contribution in [1.82, 2.24) is 0 Å². The van der Waals surface area contributed by atoms with Crippen LogP contribution < -0.4 is 0 Å². The summed E-state index contributed by atoms with van der Waals surface area (Å²) in [5, 5.41) is 0. The van der Waals surface area contributed by atoms with Crippen LogP contribution in [0.25, 0.3) is 0 Å². The fourth-order valence-electron chi connectivity index (χ4n) is 6.34. The van der Waals surface area contributed by atoms with Gasteiger partial charge in [0.2, 0.25) is 0 Å². The molecule has 0 rings (SSSR count). The fourth-order valence-corrected chi connectivity index (χ4v) is 6.34. The highest BCUT2D eigenvalue weighted by Crippen LogP contribution is 2.12. The highest BCUT2D eigenvalue weighted by molar-refractivity contribution is 5.71. The molecule has 0 aliphatic heterocycles. The van der Waals surface area contributed by atoms with Crippen LogP contribution in [0.15, 0.2) is 134 Å². The maximum atomic E-state index is 12.8. The van der Waals surface area contributed by atoms with Crippen molar-refractivity contribution in [2.24, 2.45) is 0 Å². The van der Waals surface area contributed by atoms with Crippen molar-refractivity contribution in [1.29, 1.82) is 0 Å². The number of esters is 3. The standard InChI is InChI=1S/C58H90O6/c1-4-7-10-13-16-19-22-25-27-28-29-31-33-36-39-42-45-48-51-57(60)63-54-55(53-62-56(59)50-47-44-41-38-35-32-24-21-18-15-12-9-6-3)64-58(61)52-49-46-43-40-37-34-30-26-23-20-17-14-11-8-5-2/h8-9,11-12,14-15,17-18,20-32,35,55H,4-7,10,13,16,19,33-34,36-54H2,1-3H3/b11-8-,12-9-,17-14-,18-15-,23-20-,24-21-,25-22-,28-27-,30-26-,31-29-,35-32-. The maximum Gasteiger partial charge on any atom is 0.306 e. The molecule has 6 nitrogen and oxygen atoms in total. The molecule has 0 N–H and O–H groups in total. The predicted octanol–water partition coefficient (Wildman–Crippen LogP) is 16.7. The van der Waals surface area contributed by atoms with E-state index in [4.69, 9.17) is 14.2 Å². The van der Waals surface area contributed by atoms with Gasteiger partial charge in [0, 0.05) is 19.3 Å². The molecule has 1 atom stereocenters. The van der Waals surface area contributed by atoms with Gasteiger partial charge in [0.15, 0.2) is 6.10 Å². The first-order valence-electron chi connectivity index (χ1n) is 25.3. The topological polar surface area (TPSA) is 78.9 Å². The third kappa shape index (κ3) is 48.6. The number of ether oxygens (including phenoxy) is 3. The average Bonchev–Trinajstić information content (AvgIpc) is 3.29. The van der Waals surface area contributed by atoms with E-state index in [0.29, 0.717) is 12.8 Å². The molecule has 0 amide bonds. The van der Waals surface area contributed by atoms with Crippen molar-refractivity contribution in [3.63, 3.8) is 0 Å². The molecule has 1 unspecified atom stereocenters. The molecule has 0 fully saturated rings. The van der Waals surface area contributed by atoms with Gasteiger partial charge in [-0.3, -0.25) is 14.4 Å². The highest BCUT2D eigenvalue weighted by atomic mass is 16.6. The number of hydrogen-bond donors (Lipinski definition) is 0. The van der Waals surface area contributed by atoms with E-state index in [1.54, 1.807) is 0 Å². The third-order valence-electron chi connectivity index (χ3n) is 10.1. The first-order valence-corrected chi connectivity index (χ1v) is 25.3. The van der Waals surface area contributed by atoms with Crippen molar-refractivity contribution >= 4 is 17.9 Å². The summed E-state index contributed by atoms with van der Waals surface area (Å²) in [5.41, 5.74) is 0. The van der Waals surface area contributed by atoms with Crippen LogP contribution in [0.5, 0.6) is 0 Å². The highest BCUT2D eigenvalue weighted by Gasteiger charge is 2.19. The fraction of sp³-hybridized carbons (Fsp3) is 0.569. The minimum absolute atomic E-state index is 0.117. The Bertz CT molecular complexity index is 1430. The van der Waals surface area contributed by atoms with Gasteiger partial charge in [-0.25, -0.2) is 0 Å². The van der Waals surface area contributed by atoms with E-state index < -0.39 is 6.10 Å². The molecule has 358 valence electrons. The SMILES string of the molecule is CC\C=C/C=C\C=C/C=C\CCCCCCCC(=O)OC(COC(=O)CCCCC\C=C/C=C\C=C/C=C\CC)COC(=O)CCCCCCC\C=C/C=C\C=C/CCCCCCC. The van der Waals surface area contributed by atoms with Gasteiger partial charge in [-0.1, -0.05) is 225 Å². The molecule has 0 spiro atoms. The van der Waals surface area contributed by atoms with Gasteiger partial charge in [-0.05, 0) is 83.5 Å². The van der Waals surface area contributed by atoms with Crippen molar-refractivity contribution in [3.05, 3.63) is 134 Å². The lowest BCUT2D eigenvalue weighted by Gasteiger charge is -2.18. The molecule has 0 saturated carbocycles. The van der Waals surface area contributed by atoms with E-state index >= 15 is 0 Å². The largest absolute Gasteiger partial charge is 0.462 e. The number of carbonyl (C=O) groups is 3. The molecule has 0 aromatic rings. The van der Waals surface area contributed by atoms with E-state index in [-0.39, 0.29) is 37.5 Å². The van der Waals surface area contributed by atoms with Gasteiger partial charge < -0.3 is 14.2 Å². The Morgan fingerprint density at radius 1 is 0.328 bits per heavy atom. The van der Waals surface area contributed by atoms with E-state index in [1.165, 1.54) is 32.1 Å². The molecule has 0 saturated heterocycles. The molecular formula is C58H90O6. The first-order chi connectivity index (χ1) is 31.5. The summed E-state index contributed by atoms with van der Waals surface area (Å²) in [6.45, 7) is 6.24. The molecule has 64 heavy (non-hydrogen) atoms. The minimum atomic E-state index is -0.820. The summed E-state index contributed by atoms with van der Waals surface area (Å²) < 4.78 is 16.7. The number of unbranched alkanes of at least 4 members (excludes halogenated alkanes) is 18. The van der Waals surface area contributed by atoms with Crippen molar-refractivity contribution in [3.8, 4) is 0 Å². The summed E-state index contributed by atoms with van der Waals surface area (Å²) in [5.74, 6) is -1.01. The Morgan fingerprint density at radius 2 is 0.609 bits per heavy atom. The number of rotatable bonds is 43. The van der Waals surface area contributed by atoms with Gasteiger partial charge in [-0.2, -0.15) is 0 Å². The molecule has 0 bridgehead atoms. The molecule has 6 heteroatoms. The van der Waals surface area contributed by atoms with Crippen LogP contribution >= 0.6 is 0 Å². The second-order valence-electron chi connectivity index (χ2n) is 16.2. The van der Waals surface area contributed by atoms with E-state index in [0.717, 1.165) is 122 Å². The summed E-state index contributed by atoms with van der Waals surface area (Å²) >= 11 is 0. The predicted molar refractivity (Wildman–Crippen MR) is 274 cm³/mol. The van der Waals surface area contributed by atoms with Crippen LogP contribution in [0.4, 0.5) is 0 Å². The zero-order valence-corrected chi connectivity index (χ0v) is 40.7. The van der Waals surface area contributed by atoms with E-state index in [9.17, 15) is 14.4 Å². The second kappa shape index (κ2) is 51.2. The van der Waals surface area contributed by atoms with Crippen molar-refractivity contribution in [2.45, 2.75) is 200 Å². The Labute approximate surface area is 392 Å². The summed E-state index contributed by atoms with van der Waals surface area (Å²) in [7, 11) is 0. The average molecular weight is 883 g/mol. The molecular weight excluding hydrogens is 793 g/mol. The van der Waals surface area contributed by atoms with Gasteiger partial charge in [-0.15, -0.1) is 0 Å². The lowest BCUT2D eigenvalue weighted by Crippen LogP contribution is -2.30. The normalized spacial score (nSPS) is 13.2. The molecule has 0 aromatic heterocycles.